The van der Waals surface area contributed by atoms with Gasteiger partial charge >= 0.3 is 0 Å². The van der Waals surface area contributed by atoms with Crippen molar-refractivity contribution >= 4 is 27.5 Å². The number of para-hydroxylation sites is 1. The van der Waals surface area contributed by atoms with Gasteiger partial charge in [-0.15, -0.1) is 0 Å². The molecule has 8 nitrogen and oxygen atoms in total. The summed E-state index contributed by atoms with van der Waals surface area (Å²) in [5, 5.41) is 2.65. The van der Waals surface area contributed by atoms with Gasteiger partial charge in [-0.1, -0.05) is 78.4 Å². The molecule has 0 radical (unpaired) electrons. The zero-order valence-corrected chi connectivity index (χ0v) is 27.4. The fourth-order valence-corrected chi connectivity index (χ4v) is 6.59. The molecule has 0 heterocycles. The molecule has 2 amide bonds. The van der Waals surface area contributed by atoms with Gasteiger partial charge in [-0.2, -0.15) is 0 Å². The van der Waals surface area contributed by atoms with Crippen molar-refractivity contribution in [2.24, 2.45) is 0 Å². The van der Waals surface area contributed by atoms with Gasteiger partial charge in [0, 0.05) is 20.0 Å². The number of ether oxygens (including phenoxy) is 1. The lowest BCUT2D eigenvalue weighted by Crippen LogP contribution is -2.53. The molecule has 0 fully saturated rings. The Labute approximate surface area is 280 Å². The number of sulfonamides is 1. The SMILES string of the molecule is CNC(=O)[C@H](Cc1ccccc1)N(Cc1ccc(F)cc1)C(=O)CN(c1ccc(Oc2ccccc2)cc1)S(=O)(=O)c1ccc(C)cc1. The molecule has 246 valence electrons. The van der Waals surface area contributed by atoms with Crippen LogP contribution in [0.1, 0.15) is 16.7 Å². The van der Waals surface area contributed by atoms with Crippen molar-refractivity contribution in [2.45, 2.75) is 30.8 Å². The van der Waals surface area contributed by atoms with Gasteiger partial charge in [-0.25, -0.2) is 12.8 Å². The van der Waals surface area contributed by atoms with E-state index in [0.29, 0.717) is 17.1 Å². The molecule has 10 heteroatoms. The van der Waals surface area contributed by atoms with Gasteiger partial charge < -0.3 is 15.0 Å². The maximum atomic E-state index is 14.4. The van der Waals surface area contributed by atoms with Gasteiger partial charge in [0.2, 0.25) is 11.8 Å². The van der Waals surface area contributed by atoms with Crippen LogP contribution in [0.15, 0.2) is 138 Å². The maximum absolute atomic E-state index is 14.4. The normalized spacial score (nSPS) is 11.7. The molecule has 0 aromatic heterocycles. The van der Waals surface area contributed by atoms with Crippen LogP contribution < -0.4 is 14.4 Å². The topological polar surface area (TPSA) is 96.0 Å². The lowest BCUT2D eigenvalue weighted by atomic mass is 10.0. The second-order valence-corrected chi connectivity index (χ2v) is 13.1. The van der Waals surface area contributed by atoms with Crippen LogP contribution in [0, 0.1) is 12.7 Å². The zero-order valence-electron chi connectivity index (χ0n) is 26.6. The second kappa shape index (κ2) is 15.4. The Balaban J connectivity index is 1.54. The first kappa shape index (κ1) is 33.9. The van der Waals surface area contributed by atoms with Gasteiger partial charge in [-0.3, -0.25) is 13.9 Å². The summed E-state index contributed by atoms with van der Waals surface area (Å²) in [6.45, 7) is 1.17. The number of likely N-dealkylation sites (N-methyl/N-ethyl adjacent to an activating group) is 1. The van der Waals surface area contributed by atoms with E-state index in [1.165, 1.54) is 48.3 Å². The monoisotopic (exact) mass is 665 g/mol. The van der Waals surface area contributed by atoms with E-state index in [2.05, 4.69) is 5.32 Å². The number of rotatable bonds is 13. The van der Waals surface area contributed by atoms with Crippen LogP contribution in [-0.2, 0) is 32.6 Å². The summed E-state index contributed by atoms with van der Waals surface area (Å²) < 4.78 is 49.2. The Morgan fingerprint density at radius 2 is 1.33 bits per heavy atom. The molecule has 5 aromatic carbocycles. The van der Waals surface area contributed by atoms with Crippen molar-refractivity contribution in [3.8, 4) is 11.5 Å². The highest BCUT2D eigenvalue weighted by Crippen LogP contribution is 2.29. The molecule has 1 atom stereocenters. The summed E-state index contributed by atoms with van der Waals surface area (Å²) in [7, 11) is -2.78. The summed E-state index contributed by atoms with van der Waals surface area (Å²) in [4.78, 5) is 29.2. The highest BCUT2D eigenvalue weighted by molar-refractivity contribution is 7.92. The summed E-state index contributed by atoms with van der Waals surface area (Å²) >= 11 is 0. The molecule has 5 rings (SSSR count). The Morgan fingerprint density at radius 3 is 1.94 bits per heavy atom. The van der Waals surface area contributed by atoms with Crippen molar-refractivity contribution in [3.05, 3.63) is 156 Å². The molecular weight excluding hydrogens is 629 g/mol. The molecule has 5 aromatic rings. The van der Waals surface area contributed by atoms with Gasteiger partial charge in [0.1, 0.15) is 29.9 Å². The number of halogens is 1. The number of anilines is 1. The van der Waals surface area contributed by atoms with Crippen LogP contribution in [0.2, 0.25) is 0 Å². The number of aryl methyl sites for hydroxylation is 1. The van der Waals surface area contributed by atoms with Crippen LogP contribution in [0.4, 0.5) is 10.1 Å². The number of hydrogen-bond donors (Lipinski definition) is 1. The van der Waals surface area contributed by atoms with E-state index in [0.717, 1.165) is 15.4 Å². The molecule has 1 N–H and O–H groups in total. The first-order chi connectivity index (χ1) is 23.1. The fraction of sp³-hybridized carbons (Fsp3) is 0.158. The lowest BCUT2D eigenvalue weighted by Gasteiger charge is -2.33. The molecule has 0 spiro atoms. The summed E-state index contributed by atoms with van der Waals surface area (Å²) in [5.74, 6) is -0.406. The van der Waals surface area contributed by atoms with Gasteiger partial charge in [0.25, 0.3) is 10.0 Å². The summed E-state index contributed by atoms with van der Waals surface area (Å²) in [6, 6.07) is 35.8. The van der Waals surface area contributed by atoms with E-state index in [1.807, 2.05) is 55.5 Å². The van der Waals surface area contributed by atoms with Crippen LogP contribution in [0.5, 0.6) is 11.5 Å². The second-order valence-electron chi connectivity index (χ2n) is 11.2. The van der Waals surface area contributed by atoms with E-state index in [1.54, 1.807) is 48.5 Å². The predicted molar refractivity (Wildman–Crippen MR) is 184 cm³/mol. The third-order valence-electron chi connectivity index (χ3n) is 7.78. The number of benzene rings is 5. The highest BCUT2D eigenvalue weighted by Gasteiger charge is 2.34. The number of amides is 2. The van der Waals surface area contributed by atoms with Gasteiger partial charge in [0.15, 0.2) is 0 Å². The molecule has 0 unspecified atom stereocenters. The van der Waals surface area contributed by atoms with Crippen LogP contribution in [0.25, 0.3) is 0 Å². The number of carbonyl (C=O) groups is 2. The van der Waals surface area contributed by atoms with Crippen LogP contribution >= 0.6 is 0 Å². The van der Waals surface area contributed by atoms with Crippen molar-refractivity contribution in [3.63, 3.8) is 0 Å². The average molecular weight is 666 g/mol. The minimum Gasteiger partial charge on any atom is -0.457 e. The Bertz CT molecular complexity index is 1920. The number of hydrogen-bond acceptors (Lipinski definition) is 5. The lowest BCUT2D eigenvalue weighted by molar-refractivity contribution is -0.139. The third kappa shape index (κ3) is 8.45. The Hall–Kier alpha value is -5.48. The van der Waals surface area contributed by atoms with E-state index >= 15 is 0 Å². The first-order valence-electron chi connectivity index (χ1n) is 15.4. The van der Waals surface area contributed by atoms with Crippen LogP contribution in [-0.4, -0.2) is 44.8 Å². The molecule has 0 aliphatic rings. The van der Waals surface area contributed by atoms with Gasteiger partial charge in [-0.05, 0) is 78.7 Å². The molecule has 0 saturated heterocycles. The number of nitrogens with one attached hydrogen (secondary N) is 1. The Kier molecular flexibility index (Phi) is 10.9. The molecule has 0 bridgehead atoms. The zero-order chi connectivity index (χ0) is 34.1. The molecule has 0 aliphatic carbocycles. The van der Waals surface area contributed by atoms with E-state index in [4.69, 9.17) is 4.74 Å². The minimum absolute atomic E-state index is 0.00253. The van der Waals surface area contributed by atoms with Gasteiger partial charge in [0.05, 0.1) is 10.6 Å². The fourth-order valence-electron chi connectivity index (χ4n) is 5.18. The minimum atomic E-state index is -4.27. The van der Waals surface area contributed by atoms with E-state index < -0.39 is 40.2 Å². The van der Waals surface area contributed by atoms with Crippen LogP contribution in [0.3, 0.4) is 0 Å². The summed E-state index contributed by atoms with van der Waals surface area (Å²) in [5.41, 5.74) is 2.48. The highest BCUT2D eigenvalue weighted by atomic mass is 32.2. The number of nitrogens with zero attached hydrogens (tertiary/aromatic N) is 2. The molecule has 0 saturated carbocycles. The van der Waals surface area contributed by atoms with E-state index in [-0.39, 0.29) is 23.5 Å². The average Bonchev–Trinajstić information content (AvgIpc) is 3.10. The number of carbonyl (C=O) groups excluding carboxylic acids is 2. The quantitative estimate of drug-likeness (QED) is 0.155. The smallest absolute Gasteiger partial charge is 0.264 e. The predicted octanol–water partition coefficient (Wildman–Crippen LogP) is 6.51. The maximum Gasteiger partial charge on any atom is 0.264 e. The Morgan fingerprint density at radius 1 is 0.750 bits per heavy atom. The third-order valence-corrected chi connectivity index (χ3v) is 9.56. The first-order valence-corrected chi connectivity index (χ1v) is 16.8. The molecule has 0 aliphatic heterocycles. The van der Waals surface area contributed by atoms with Crippen molar-refractivity contribution in [1.29, 1.82) is 0 Å². The standard InChI is InChI=1S/C38H36FN3O5S/c1-28-13-23-35(24-14-28)48(45,46)42(32-19-21-34(22-20-32)47-33-11-7-4-8-12-33)27-37(43)41(26-30-15-17-31(39)18-16-30)36(38(44)40-2)25-29-9-5-3-6-10-29/h3-24,36H,25-27H2,1-2H3,(H,40,44)/t36-/m0/s1. The van der Waals surface area contributed by atoms with E-state index in [9.17, 15) is 22.4 Å². The largest absolute Gasteiger partial charge is 0.457 e. The van der Waals surface area contributed by atoms with Crippen molar-refractivity contribution in [2.75, 3.05) is 17.9 Å². The van der Waals surface area contributed by atoms with Crippen molar-refractivity contribution < 1.29 is 27.1 Å². The van der Waals surface area contributed by atoms with Crippen molar-refractivity contribution in [1.82, 2.24) is 10.2 Å². The molecular formula is C38H36FN3O5S. The summed E-state index contributed by atoms with van der Waals surface area (Å²) in [6.07, 6.45) is 0.170. The molecule has 48 heavy (non-hydrogen) atoms.